The van der Waals surface area contributed by atoms with Crippen LogP contribution in [0.15, 0.2) is 48.5 Å². The molecule has 0 spiro atoms. The lowest BCUT2D eigenvalue weighted by Crippen LogP contribution is -2.23. The van der Waals surface area contributed by atoms with Gasteiger partial charge in [0.15, 0.2) is 0 Å². The summed E-state index contributed by atoms with van der Waals surface area (Å²) in [5.41, 5.74) is 1.93. The molecule has 0 saturated heterocycles. The number of rotatable bonds is 6. The van der Waals surface area contributed by atoms with Gasteiger partial charge in [0, 0.05) is 5.56 Å². The van der Waals surface area contributed by atoms with Gasteiger partial charge in [-0.1, -0.05) is 37.3 Å². The quantitative estimate of drug-likeness (QED) is 0.854. The van der Waals surface area contributed by atoms with E-state index in [-0.39, 0.29) is 18.0 Å². The minimum atomic E-state index is -0.224. The molecule has 0 aliphatic heterocycles. The molecule has 0 saturated carbocycles. The van der Waals surface area contributed by atoms with Crippen molar-refractivity contribution in [3.05, 3.63) is 65.5 Å². The Bertz CT molecular complexity index is 583. The molecule has 0 radical (unpaired) electrons. The molecule has 2 aromatic rings. The van der Waals surface area contributed by atoms with E-state index in [0.717, 1.165) is 23.4 Å². The summed E-state index contributed by atoms with van der Waals surface area (Å²) in [6.45, 7) is 6.83. The van der Waals surface area contributed by atoms with Gasteiger partial charge < -0.3 is 10.1 Å². The molecular formula is C18H22FNO. The Balaban J connectivity index is 2.43. The molecule has 21 heavy (non-hydrogen) atoms. The van der Waals surface area contributed by atoms with Crippen LogP contribution >= 0.6 is 0 Å². The molecule has 1 atom stereocenters. The highest BCUT2D eigenvalue weighted by Gasteiger charge is 2.18. The van der Waals surface area contributed by atoms with Crippen molar-refractivity contribution in [2.24, 2.45) is 0 Å². The lowest BCUT2D eigenvalue weighted by atomic mass is 9.97. The molecular weight excluding hydrogens is 265 g/mol. The van der Waals surface area contributed by atoms with Crippen molar-refractivity contribution < 1.29 is 9.13 Å². The van der Waals surface area contributed by atoms with Gasteiger partial charge in [-0.25, -0.2) is 4.39 Å². The highest BCUT2D eigenvalue weighted by atomic mass is 19.1. The molecule has 1 N–H and O–H groups in total. The van der Waals surface area contributed by atoms with Gasteiger partial charge in [0.25, 0.3) is 0 Å². The fourth-order valence-electron chi connectivity index (χ4n) is 2.38. The molecule has 2 nitrogen and oxygen atoms in total. The van der Waals surface area contributed by atoms with Crippen LogP contribution in [-0.4, -0.2) is 12.6 Å². The van der Waals surface area contributed by atoms with Crippen molar-refractivity contribution in [2.45, 2.75) is 32.9 Å². The Morgan fingerprint density at radius 2 is 1.86 bits per heavy atom. The Labute approximate surface area is 126 Å². The predicted molar refractivity (Wildman–Crippen MR) is 84.1 cm³/mol. The van der Waals surface area contributed by atoms with Crippen molar-refractivity contribution in [1.82, 2.24) is 5.32 Å². The highest BCUT2D eigenvalue weighted by molar-refractivity contribution is 5.41. The first-order chi connectivity index (χ1) is 10.1. The number of nitrogens with one attached hydrogen (secondary N) is 1. The maximum absolute atomic E-state index is 13.5. The smallest absolute Gasteiger partial charge is 0.124 e. The van der Waals surface area contributed by atoms with Gasteiger partial charge in [-0.05, 0) is 44.2 Å². The van der Waals surface area contributed by atoms with Crippen LogP contribution in [0, 0.1) is 5.82 Å². The van der Waals surface area contributed by atoms with Crippen LogP contribution in [0.2, 0.25) is 0 Å². The molecule has 112 valence electrons. The topological polar surface area (TPSA) is 21.3 Å². The molecule has 0 amide bonds. The summed E-state index contributed by atoms with van der Waals surface area (Å²) in [6, 6.07) is 14.5. The van der Waals surface area contributed by atoms with Crippen LogP contribution in [0.4, 0.5) is 4.39 Å². The molecule has 2 rings (SSSR count). The number of halogens is 1. The van der Waals surface area contributed by atoms with E-state index in [1.807, 2.05) is 51.1 Å². The Morgan fingerprint density at radius 1 is 1.10 bits per heavy atom. The monoisotopic (exact) mass is 287 g/mol. The average molecular weight is 287 g/mol. The molecule has 2 aromatic carbocycles. The first-order valence-corrected chi connectivity index (χ1v) is 7.36. The summed E-state index contributed by atoms with van der Waals surface area (Å²) in [4.78, 5) is 0. The van der Waals surface area contributed by atoms with Gasteiger partial charge in [0.2, 0.25) is 0 Å². The minimum Gasteiger partial charge on any atom is -0.491 e. The second-order valence-electron chi connectivity index (χ2n) is 5.25. The fraction of sp³-hybridized carbons (Fsp3) is 0.333. The summed E-state index contributed by atoms with van der Waals surface area (Å²) in [5.74, 6) is 0.611. The lowest BCUT2D eigenvalue weighted by molar-refractivity contribution is 0.238. The number of ether oxygens (including phenoxy) is 1. The van der Waals surface area contributed by atoms with E-state index >= 15 is 0 Å². The summed E-state index contributed by atoms with van der Waals surface area (Å²) in [5, 5.41) is 3.41. The van der Waals surface area contributed by atoms with Crippen molar-refractivity contribution in [1.29, 1.82) is 0 Å². The molecule has 0 aliphatic carbocycles. The SMILES string of the molecule is CCNC(c1cccc(F)c1)c1ccccc1OC(C)C. The van der Waals surface area contributed by atoms with Gasteiger partial charge in [-0.15, -0.1) is 0 Å². The maximum atomic E-state index is 13.5. The summed E-state index contributed by atoms with van der Waals surface area (Å²) < 4.78 is 19.4. The minimum absolute atomic E-state index is 0.0827. The maximum Gasteiger partial charge on any atom is 0.124 e. The van der Waals surface area contributed by atoms with Gasteiger partial charge >= 0.3 is 0 Å². The van der Waals surface area contributed by atoms with Crippen molar-refractivity contribution in [3.8, 4) is 5.75 Å². The van der Waals surface area contributed by atoms with Crippen LogP contribution in [0.25, 0.3) is 0 Å². The number of hydrogen-bond donors (Lipinski definition) is 1. The van der Waals surface area contributed by atoms with E-state index in [1.165, 1.54) is 6.07 Å². The van der Waals surface area contributed by atoms with Crippen LogP contribution in [0.1, 0.15) is 37.9 Å². The van der Waals surface area contributed by atoms with E-state index in [9.17, 15) is 4.39 Å². The zero-order valence-electron chi connectivity index (χ0n) is 12.8. The zero-order valence-corrected chi connectivity index (χ0v) is 12.8. The number of hydrogen-bond acceptors (Lipinski definition) is 2. The third-order valence-electron chi connectivity index (χ3n) is 3.18. The van der Waals surface area contributed by atoms with E-state index in [2.05, 4.69) is 5.32 Å². The fourth-order valence-corrected chi connectivity index (χ4v) is 2.38. The van der Waals surface area contributed by atoms with Crippen LogP contribution in [0.3, 0.4) is 0 Å². The average Bonchev–Trinajstić information content (AvgIpc) is 2.45. The van der Waals surface area contributed by atoms with Crippen molar-refractivity contribution in [3.63, 3.8) is 0 Å². The molecule has 3 heteroatoms. The molecule has 0 aromatic heterocycles. The van der Waals surface area contributed by atoms with Crippen LogP contribution in [0.5, 0.6) is 5.75 Å². The van der Waals surface area contributed by atoms with E-state index in [0.29, 0.717) is 0 Å². The van der Waals surface area contributed by atoms with Crippen molar-refractivity contribution >= 4 is 0 Å². The van der Waals surface area contributed by atoms with Gasteiger partial charge in [0.1, 0.15) is 11.6 Å². The van der Waals surface area contributed by atoms with Gasteiger partial charge in [-0.3, -0.25) is 0 Å². The first kappa shape index (κ1) is 15.5. The third-order valence-corrected chi connectivity index (χ3v) is 3.18. The predicted octanol–water partition coefficient (Wildman–Crippen LogP) is 4.31. The first-order valence-electron chi connectivity index (χ1n) is 7.36. The van der Waals surface area contributed by atoms with Gasteiger partial charge in [0.05, 0.1) is 12.1 Å². The summed E-state index contributed by atoms with van der Waals surface area (Å²) >= 11 is 0. The Morgan fingerprint density at radius 3 is 2.52 bits per heavy atom. The number of para-hydroxylation sites is 1. The Kier molecular flexibility index (Phi) is 5.34. The standard InChI is InChI=1S/C18H22FNO/c1-4-20-18(14-8-7-9-15(19)12-14)16-10-5-6-11-17(16)21-13(2)3/h5-13,18,20H,4H2,1-3H3. The molecule has 1 unspecified atom stereocenters. The number of benzene rings is 2. The van der Waals surface area contributed by atoms with Crippen LogP contribution < -0.4 is 10.1 Å². The molecule has 0 aliphatic rings. The van der Waals surface area contributed by atoms with E-state index < -0.39 is 0 Å². The molecule has 0 fully saturated rings. The normalized spacial score (nSPS) is 12.4. The zero-order chi connectivity index (χ0) is 15.2. The van der Waals surface area contributed by atoms with E-state index in [4.69, 9.17) is 4.74 Å². The summed E-state index contributed by atoms with van der Waals surface area (Å²) in [6.07, 6.45) is 0.0981. The van der Waals surface area contributed by atoms with Crippen LogP contribution in [-0.2, 0) is 0 Å². The highest BCUT2D eigenvalue weighted by Crippen LogP contribution is 2.30. The largest absolute Gasteiger partial charge is 0.491 e. The molecule has 0 heterocycles. The molecule has 0 bridgehead atoms. The lowest BCUT2D eigenvalue weighted by Gasteiger charge is -2.23. The van der Waals surface area contributed by atoms with E-state index in [1.54, 1.807) is 12.1 Å². The second-order valence-corrected chi connectivity index (χ2v) is 5.25. The van der Waals surface area contributed by atoms with Crippen molar-refractivity contribution in [2.75, 3.05) is 6.54 Å². The summed E-state index contributed by atoms with van der Waals surface area (Å²) in [7, 11) is 0. The second kappa shape index (κ2) is 7.23. The Hall–Kier alpha value is -1.87. The van der Waals surface area contributed by atoms with Gasteiger partial charge in [-0.2, -0.15) is 0 Å². The third kappa shape index (κ3) is 4.05.